The Kier molecular flexibility index (Phi) is 6.18. The van der Waals surface area contributed by atoms with Crippen LogP contribution in [-0.4, -0.2) is 19.0 Å². The number of nitrogens with two attached hydrogens (primary N) is 2. The lowest BCUT2D eigenvalue weighted by molar-refractivity contribution is -0.114. The molecular formula is C25H28N2O3S. The standard InChI is InChI=1S/C25H28N2O3S/c1-30-25(29)18-12-8-16(9-13-18)6-7-17-10-14-19(15-11-17)31-21-5-3-2-4-20(21)22(23(26)28)24(31)27/h8-15,31H,2-7,27H2,1H3,(H2,26,28). The highest BCUT2D eigenvalue weighted by molar-refractivity contribution is 8.24. The van der Waals surface area contributed by atoms with E-state index in [4.69, 9.17) is 16.2 Å². The van der Waals surface area contributed by atoms with Crippen molar-refractivity contribution in [2.45, 2.75) is 43.4 Å². The molecule has 1 amide bonds. The first-order valence-electron chi connectivity index (χ1n) is 10.6. The first-order chi connectivity index (χ1) is 15.0. The molecule has 2 aromatic rings. The van der Waals surface area contributed by atoms with E-state index >= 15 is 0 Å². The van der Waals surface area contributed by atoms with Crippen LogP contribution in [0.15, 0.2) is 74.5 Å². The fourth-order valence-electron chi connectivity index (χ4n) is 4.41. The first-order valence-corrected chi connectivity index (χ1v) is 11.9. The monoisotopic (exact) mass is 436 g/mol. The summed E-state index contributed by atoms with van der Waals surface area (Å²) >= 11 is 0. The Morgan fingerprint density at radius 1 is 0.935 bits per heavy atom. The predicted molar refractivity (Wildman–Crippen MR) is 125 cm³/mol. The molecule has 162 valence electrons. The third-order valence-corrected chi connectivity index (χ3v) is 8.58. The van der Waals surface area contributed by atoms with E-state index in [1.807, 2.05) is 12.1 Å². The van der Waals surface area contributed by atoms with Crippen molar-refractivity contribution < 1.29 is 14.3 Å². The topological polar surface area (TPSA) is 95.4 Å². The molecule has 6 heteroatoms. The summed E-state index contributed by atoms with van der Waals surface area (Å²) in [5, 5.41) is 0.674. The van der Waals surface area contributed by atoms with Crippen molar-refractivity contribution in [3.8, 4) is 0 Å². The SMILES string of the molecule is COC(=O)c1ccc(CCc2ccc([SH]3C(N)=C(C(N)=O)C4=C3CCCC4)cc2)cc1. The van der Waals surface area contributed by atoms with Gasteiger partial charge in [-0.3, -0.25) is 4.79 Å². The number of carbonyl (C=O) groups is 2. The zero-order valence-corrected chi connectivity index (χ0v) is 18.6. The maximum absolute atomic E-state index is 12.0. The highest BCUT2D eigenvalue weighted by atomic mass is 32.2. The van der Waals surface area contributed by atoms with E-state index in [0.29, 0.717) is 16.2 Å². The van der Waals surface area contributed by atoms with Crippen molar-refractivity contribution in [2.24, 2.45) is 11.5 Å². The Morgan fingerprint density at radius 3 is 2.10 bits per heavy atom. The molecule has 0 radical (unpaired) electrons. The molecule has 1 atom stereocenters. The number of rotatable bonds is 6. The van der Waals surface area contributed by atoms with E-state index in [-0.39, 0.29) is 5.97 Å². The Hall–Kier alpha value is -2.99. The van der Waals surface area contributed by atoms with Crippen LogP contribution in [0, 0.1) is 0 Å². The van der Waals surface area contributed by atoms with Crippen molar-refractivity contribution in [2.75, 3.05) is 7.11 Å². The molecule has 5 nitrogen and oxygen atoms in total. The minimum atomic E-state index is -0.815. The van der Waals surface area contributed by atoms with Crippen molar-refractivity contribution in [3.05, 3.63) is 86.3 Å². The summed E-state index contributed by atoms with van der Waals surface area (Å²) in [5.41, 5.74) is 16.8. The average Bonchev–Trinajstić information content (AvgIpc) is 3.09. The van der Waals surface area contributed by atoms with Crippen LogP contribution in [0.4, 0.5) is 0 Å². The van der Waals surface area contributed by atoms with Crippen LogP contribution in [0.5, 0.6) is 0 Å². The largest absolute Gasteiger partial charge is 0.465 e. The summed E-state index contributed by atoms with van der Waals surface area (Å²) in [7, 11) is 0.570. The van der Waals surface area contributed by atoms with Crippen LogP contribution in [0.1, 0.15) is 47.2 Å². The number of aryl methyl sites for hydroxylation is 2. The maximum atomic E-state index is 12.0. The number of primary amides is 1. The van der Waals surface area contributed by atoms with Crippen LogP contribution in [0.25, 0.3) is 0 Å². The zero-order valence-electron chi connectivity index (χ0n) is 17.7. The number of thiol groups is 1. The molecule has 0 bridgehead atoms. The Labute approximate surface area is 185 Å². The van der Waals surface area contributed by atoms with E-state index in [1.54, 1.807) is 12.1 Å². The summed E-state index contributed by atoms with van der Waals surface area (Å²) in [6.45, 7) is 0. The minimum Gasteiger partial charge on any atom is -0.465 e. The molecule has 4 rings (SSSR count). The summed E-state index contributed by atoms with van der Waals surface area (Å²) in [5.74, 6) is -0.716. The Bertz CT molecular complexity index is 1070. The van der Waals surface area contributed by atoms with Gasteiger partial charge in [-0.05, 0) is 89.3 Å². The molecule has 31 heavy (non-hydrogen) atoms. The number of benzene rings is 2. The van der Waals surface area contributed by atoms with Gasteiger partial charge < -0.3 is 16.2 Å². The van der Waals surface area contributed by atoms with Crippen molar-refractivity contribution in [1.82, 2.24) is 0 Å². The summed E-state index contributed by atoms with van der Waals surface area (Å²) < 4.78 is 4.74. The second kappa shape index (κ2) is 9.02. The molecular weight excluding hydrogens is 408 g/mol. The van der Waals surface area contributed by atoms with E-state index in [1.165, 1.54) is 28.0 Å². The van der Waals surface area contributed by atoms with E-state index in [0.717, 1.165) is 44.1 Å². The number of hydrogen-bond donors (Lipinski definition) is 3. The summed E-state index contributed by atoms with van der Waals surface area (Å²) in [6, 6.07) is 16.1. The lowest BCUT2D eigenvalue weighted by atomic mass is 9.93. The normalized spacial score (nSPS) is 19.3. The number of esters is 1. The molecule has 1 aliphatic carbocycles. The molecule has 2 aliphatic rings. The summed E-state index contributed by atoms with van der Waals surface area (Å²) in [6.07, 6.45) is 5.93. The fraction of sp³-hybridized carbons (Fsp3) is 0.280. The molecule has 2 aromatic carbocycles. The third-order valence-electron chi connectivity index (χ3n) is 6.03. The third kappa shape index (κ3) is 4.26. The van der Waals surface area contributed by atoms with Crippen LogP contribution in [0.3, 0.4) is 0 Å². The van der Waals surface area contributed by atoms with E-state index < -0.39 is 16.8 Å². The van der Waals surface area contributed by atoms with Gasteiger partial charge in [0, 0.05) is 0 Å². The highest BCUT2D eigenvalue weighted by Crippen LogP contribution is 2.60. The van der Waals surface area contributed by atoms with Crippen LogP contribution in [0.2, 0.25) is 0 Å². The van der Waals surface area contributed by atoms with Gasteiger partial charge in [-0.1, -0.05) is 24.3 Å². The lowest BCUT2D eigenvalue weighted by Crippen LogP contribution is -2.18. The molecule has 0 saturated carbocycles. The van der Waals surface area contributed by atoms with Crippen LogP contribution >= 0.6 is 10.9 Å². The molecule has 0 spiro atoms. The van der Waals surface area contributed by atoms with Crippen molar-refractivity contribution in [1.29, 1.82) is 0 Å². The first kappa shape index (κ1) is 21.2. The Morgan fingerprint density at radius 2 is 1.52 bits per heavy atom. The van der Waals surface area contributed by atoms with Gasteiger partial charge in [-0.2, -0.15) is 10.9 Å². The second-order valence-corrected chi connectivity index (χ2v) is 10.2. The molecule has 1 aliphatic heterocycles. The van der Waals surface area contributed by atoms with Gasteiger partial charge in [-0.25, -0.2) is 4.79 Å². The zero-order chi connectivity index (χ0) is 22.0. The smallest absolute Gasteiger partial charge is 0.337 e. The highest BCUT2D eigenvalue weighted by Gasteiger charge is 2.34. The number of hydrogen-bond acceptors (Lipinski definition) is 4. The van der Waals surface area contributed by atoms with Gasteiger partial charge >= 0.3 is 5.97 Å². The van der Waals surface area contributed by atoms with E-state index in [9.17, 15) is 9.59 Å². The quantitative estimate of drug-likeness (QED) is 0.469. The Balaban J connectivity index is 1.48. The van der Waals surface area contributed by atoms with Crippen molar-refractivity contribution in [3.63, 3.8) is 0 Å². The average molecular weight is 437 g/mol. The fourth-order valence-corrected chi connectivity index (χ4v) is 7.08. The number of amides is 1. The molecule has 1 unspecified atom stereocenters. The van der Waals surface area contributed by atoms with Crippen LogP contribution in [-0.2, 0) is 22.4 Å². The molecule has 0 aromatic heterocycles. The summed E-state index contributed by atoms with van der Waals surface area (Å²) in [4.78, 5) is 26.1. The minimum absolute atomic E-state index is 0.319. The second-order valence-electron chi connectivity index (χ2n) is 7.95. The van der Waals surface area contributed by atoms with Gasteiger partial charge in [0.1, 0.15) is 0 Å². The van der Waals surface area contributed by atoms with Crippen molar-refractivity contribution >= 4 is 22.8 Å². The molecule has 1 heterocycles. The number of methoxy groups -OCH3 is 1. The maximum Gasteiger partial charge on any atom is 0.337 e. The molecule has 0 fully saturated rings. The number of allylic oxidation sites excluding steroid dienone is 1. The molecule has 0 saturated heterocycles. The predicted octanol–water partition coefficient (Wildman–Crippen LogP) is 4.12. The van der Waals surface area contributed by atoms with Gasteiger partial charge in [0.15, 0.2) is 0 Å². The lowest BCUT2D eigenvalue weighted by Gasteiger charge is -2.25. The van der Waals surface area contributed by atoms with Gasteiger partial charge in [0.25, 0.3) is 5.91 Å². The molecule has 4 N–H and O–H groups in total. The van der Waals surface area contributed by atoms with E-state index in [2.05, 4.69) is 24.3 Å². The van der Waals surface area contributed by atoms with Crippen LogP contribution < -0.4 is 11.5 Å². The number of carbonyl (C=O) groups excluding carboxylic acids is 2. The van der Waals surface area contributed by atoms with Gasteiger partial charge in [-0.15, -0.1) is 0 Å². The number of ether oxygens (including phenoxy) is 1. The van der Waals surface area contributed by atoms with Gasteiger partial charge in [0.05, 0.1) is 23.3 Å². The van der Waals surface area contributed by atoms with Gasteiger partial charge in [0.2, 0.25) is 0 Å².